The fraction of sp³-hybridized carbons (Fsp3) is 0.273. The van der Waals surface area contributed by atoms with E-state index in [9.17, 15) is 0 Å². The Bertz CT molecular complexity index is 425. The van der Waals surface area contributed by atoms with E-state index in [0.717, 1.165) is 0 Å². The molecule has 1 aliphatic heterocycles. The summed E-state index contributed by atoms with van der Waals surface area (Å²) < 4.78 is 2.44. The molecule has 0 unspecified atom stereocenters. The van der Waals surface area contributed by atoms with Gasteiger partial charge in [0.15, 0.2) is 0 Å². The molecule has 60 valence electrons. The Hall–Kier alpha value is -1.24. The Morgan fingerprint density at radius 3 is 3.08 bits per heavy atom. The van der Waals surface area contributed by atoms with Gasteiger partial charge in [0.2, 0.25) is 0 Å². The minimum Gasteiger partial charge on any atom is -0.345 e. The summed E-state index contributed by atoms with van der Waals surface area (Å²) in [6, 6.07) is 11.0. The summed E-state index contributed by atoms with van der Waals surface area (Å²) in [4.78, 5) is 0. The Kier molecular flexibility index (Phi) is 1.12. The van der Waals surface area contributed by atoms with Crippen LogP contribution in [0.5, 0.6) is 0 Å². The van der Waals surface area contributed by atoms with E-state index in [1.165, 1.54) is 36.0 Å². The van der Waals surface area contributed by atoms with Crippen molar-refractivity contribution in [2.45, 2.75) is 19.4 Å². The van der Waals surface area contributed by atoms with Crippen LogP contribution in [0.2, 0.25) is 0 Å². The van der Waals surface area contributed by atoms with Crippen molar-refractivity contribution in [2.24, 2.45) is 0 Å². The number of hydrogen-bond acceptors (Lipinski definition) is 0. The molecule has 0 bridgehead atoms. The van der Waals surface area contributed by atoms with Gasteiger partial charge >= 0.3 is 0 Å². The van der Waals surface area contributed by atoms with Gasteiger partial charge in [-0.1, -0.05) is 18.2 Å². The molecule has 0 aliphatic carbocycles. The number of nitrogens with zero attached hydrogens (tertiary/aromatic N) is 1. The maximum absolute atomic E-state index is 2.44. The molecule has 0 radical (unpaired) electrons. The van der Waals surface area contributed by atoms with Gasteiger partial charge in [0.25, 0.3) is 0 Å². The van der Waals surface area contributed by atoms with E-state index in [0.29, 0.717) is 0 Å². The fourth-order valence-corrected chi connectivity index (χ4v) is 2.16. The summed E-state index contributed by atoms with van der Waals surface area (Å²) in [6.45, 7) is 1.21. The normalized spacial score (nSPS) is 15.3. The van der Waals surface area contributed by atoms with Gasteiger partial charge in [-0.3, -0.25) is 0 Å². The number of para-hydroxylation sites is 1. The number of hydrogen-bond donors (Lipinski definition) is 0. The lowest BCUT2D eigenvalue weighted by atomic mass is 10.2. The number of rotatable bonds is 0. The quantitative estimate of drug-likeness (QED) is 0.554. The smallest absolute Gasteiger partial charge is 0.0482 e. The van der Waals surface area contributed by atoms with Gasteiger partial charge in [0.1, 0.15) is 0 Å². The first kappa shape index (κ1) is 6.30. The number of aryl methyl sites for hydroxylation is 2. The Morgan fingerprint density at radius 1 is 1.17 bits per heavy atom. The van der Waals surface area contributed by atoms with Crippen LogP contribution < -0.4 is 0 Å². The number of benzene rings is 1. The molecule has 1 aromatic carbocycles. The van der Waals surface area contributed by atoms with Crippen LogP contribution >= 0.6 is 0 Å². The van der Waals surface area contributed by atoms with E-state index in [-0.39, 0.29) is 0 Å². The molecule has 1 aromatic heterocycles. The van der Waals surface area contributed by atoms with Gasteiger partial charge in [0.05, 0.1) is 0 Å². The summed E-state index contributed by atoms with van der Waals surface area (Å²) >= 11 is 0. The predicted molar refractivity (Wildman–Crippen MR) is 50.3 cm³/mol. The first-order chi connectivity index (χ1) is 5.95. The molecule has 2 heterocycles. The Labute approximate surface area is 71.6 Å². The zero-order valence-corrected chi connectivity index (χ0v) is 6.96. The van der Waals surface area contributed by atoms with Gasteiger partial charge in [-0.05, 0) is 30.4 Å². The van der Waals surface area contributed by atoms with Gasteiger partial charge in [-0.15, -0.1) is 0 Å². The molecule has 3 rings (SSSR count). The molecule has 0 fully saturated rings. The van der Waals surface area contributed by atoms with Crippen LogP contribution in [0.3, 0.4) is 0 Å². The summed E-state index contributed by atoms with van der Waals surface area (Å²) in [6.07, 6.45) is 2.58. The minimum atomic E-state index is 1.21. The maximum atomic E-state index is 2.44. The lowest BCUT2D eigenvalue weighted by Crippen LogP contribution is -1.89. The topological polar surface area (TPSA) is 4.93 Å². The van der Waals surface area contributed by atoms with Crippen molar-refractivity contribution in [3.8, 4) is 0 Å². The second kappa shape index (κ2) is 2.13. The average molecular weight is 157 g/mol. The molecule has 0 saturated heterocycles. The third-order valence-electron chi connectivity index (χ3n) is 2.71. The molecule has 12 heavy (non-hydrogen) atoms. The third kappa shape index (κ3) is 0.685. The molecule has 0 N–H and O–H groups in total. The SMILES string of the molecule is c1ccc2c(c1)cc1n2CCC1. The van der Waals surface area contributed by atoms with Crippen LogP contribution in [0, 0.1) is 0 Å². The van der Waals surface area contributed by atoms with E-state index >= 15 is 0 Å². The van der Waals surface area contributed by atoms with E-state index in [4.69, 9.17) is 0 Å². The van der Waals surface area contributed by atoms with Gasteiger partial charge in [-0.25, -0.2) is 0 Å². The van der Waals surface area contributed by atoms with E-state index in [1.807, 2.05) is 0 Å². The van der Waals surface area contributed by atoms with Crippen molar-refractivity contribution in [3.05, 3.63) is 36.0 Å². The second-order valence-corrected chi connectivity index (χ2v) is 3.45. The molecular formula is C11H11N. The summed E-state index contributed by atoms with van der Waals surface area (Å²) in [5.41, 5.74) is 2.92. The van der Waals surface area contributed by atoms with Crippen molar-refractivity contribution in [1.29, 1.82) is 0 Å². The van der Waals surface area contributed by atoms with Crippen LogP contribution in [0.1, 0.15) is 12.1 Å². The third-order valence-corrected chi connectivity index (χ3v) is 2.71. The highest BCUT2D eigenvalue weighted by Gasteiger charge is 2.12. The Balaban J connectivity index is 2.44. The first-order valence-electron chi connectivity index (χ1n) is 4.52. The summed E-state index contributed by atoms with van der Waals surface area (Å²) in [5, 5.41) is 1.40. The molecule has 2 aromatic rings. The molecule has 1 nitrogen and oxygen atoms in total. The van der Waals surface area contributed by atoms with Gasteiger partial charge < -0.3 is 4.57 Å². The fourth-order valence-electron chi connectivity index (χ4n) is 2.16. The Morgan fingerprint density at radius 2 is 2.08 bits per heavy atom. The number of aromatic nitrogens is 1. The lowest BCUT2D eigenvalue weighted by molar-refractivity contribution is 0.772. The average Bonchev–Trinajstić information content (AvgIpc) is 2.62. The molecule has 0 spiro atoms. The molecule has 1 aliphatic rings. The highest BCUT2D eigenvalue weighted by Crippen LogP contribution is 2.25. The maximum Gasteiger partial charge on any atom is 0.0482 e. The minimum absolute atomic E-state index is 1.21. The van der Waals surface area contributed by atoms with Gasteiger partial charge in [-0.2, -0.15) is 0 Å². The summed E-state index contributed by atoms with van der Waals surface area (Å²) in [5.74, 6) is 0. The monoisotopic (exact) mass is 157 g/mol. The molecule has 0 saturated carbocycles. The van der Waals surface area contributed by atoms with Crippen molar-refractivity contribution >= 4 is 10.9 Å². The van der Waals surface area contributed by atoms with Crippen LogP contribution in [0.15, 0.2) is 30.3 Å². The second-order valence-electron chi connectivity index (χ2n) is 3.45. The zero-order valence-electron chi connectivity index (χ0n) is 6.96. The predicted octanol–water partition coefficient (Wildman–Crippen LogP) is 2.59. The summed E-state index contributed by atoms with van der Waals surface area (Å²) in [7, 11) is 0. The molecule has 0 atom stereocenters. The van der Waals surface area contributed by atoms with Crippen molar-refractivity contribution in [3.63, 3.8) is 0 Å². The van der Waals surface area contributed by atoms with Crippen molar-refractivity contribution < 1.29 is 0 Å². The lowest BCUT2D eigenvalue weighted by Gasteiger charge is -1.97. The standard InChI is InChI=1S/C11H11N/c1-2-6-11-9(4-1)8-10-5-3-7-12(10)11/h1-2,4,6,8H,3,5,7H2. The zero-order chi connectivity index (χ0) is 7.97. The van der Waals surface area contributed by atoms with Crippen LogP contribution in [-0.4, -0.2) is 4.57 Å². The van der Waals surface area contributed by atoms with Crippen molar-refractivity contribution in [1.82, 2.24) is 4.57 Å². The van der Waals surface area contributed by atoms with Crippen LogP contribution in [0.25, 0.3) is 10.9 Å². The molecular weight excluding hydrogens is 146 g/mol. The molecule has 1 heteroatoms. The van der Waals surface area contributed by atoms with Gasteiger partial charge in [0, 0.05) is 17.8 Å². The van der Waals surface area contributed by atoms with Crippen molar-refractivity contribution in [2.75, 3.05) is 0 Å². The van der Waals surface area contributed by atoms with Crippen LogP contribution in [0.4, 0.5) is 0 Å². The van der Waals surface area contributed by atoms with E-state index in [2.05, 4.69) is 34.9 Å². The highest BCUT2D eigenvalue weighted by molar-refractivity contribution is 5.81. The highest BCUT2D eigenvalue weighted by atomic mass is 15.0. The molecule has 0 amide bonds. The van der Waals surface area contributed by atoms with E-state index < -0.39 is 0 Å². The van der Waals surface area contributed by atoms with Crippen LogP contribution in [-0.2, 0) is 13.0 Å². The largest absolute Gasteiger partial charge is 0.345 e. The number of fused-ring (bicyclic) bond motifs is 3. The first-order valence-corrected chi connectivity index (χ1v) is 4.52. The van der Waals surface area contributed by atoms with E-state index in [1.54, 1.807) is 0 Å².